The van der Waals surface area contributed by atoms with E-state index in [1.54, 1.807) is 7.11 Å². The van der Waals surface area contributed by atoms with E-state index >= 15 is 0 Å². The number of hydrogen-bond donors (Lipinski definition) is 1. The zero-order valence-electron chi connectivity index (χ0n) is 18.5. The number of hydrogen-bond acceptors (Lipinski definition) is 3. The molecule has 158 valence electrons. The van der Waals surface area contributed by atoms with Crippen molar-refractivity contribution in [1.29, 1.82) is 0 Å². The van der Waals surface area contributed by atoms with Crippen LogP contribution in [0, 0.1) is 0 Å². The van der Waals surface area contributed by atoms with E-state index in [2.05, 4.69) is 79.0 Å². The van der Waals surface area contributed by atoms with Gasteiger partial charge in [0, 0.05) is 17.5 Å². The van der Waals surface area contributed by atoms with E-state index in [9.17, 15) is 0 Å². The molecule has 3 nitrogen and oxygen atoms in total. The summed E-state index contributed by atoms with van der Waals surface area (Å²) in [7, 11) is 1.74. The van der Waals surface area contributed by atoms with Crippen LogP contribution in [-0.2, 0) is 0 Å². The van der Waals surface area contributed by atoms with E-state index < -0.39 is 0 Å². The van der Waals surface area contributed by atoms with Crippen molar-refractivity contribution in [1.82, 2.24) is 5.32 Å². The van der Waals surface area contributed by atoms with Crippen LogP contribution in [0.1, 0.15) is 55.8 Å². The van der Waals surface area contributed by atoms with Crippen LogP contribution in [0.2, 0.25) is 0 Å². The van der Waals surface area contributed by atoms with Gasteiger partial charge in [-0.05, 0) is 63.1 Å². The number of methoxy groups -OCH3 is 1. The van der Waals surface area contributed by atoms with Gasteiger partial charge in [-0.2, -0.15) is 0 Å². The summed E-state index contributed by atoms with van der Waals surface area (Å²) in [5.74, 6) is 2.08. The minimum atomic E-state index is 0.171. The minimum absolute atomic E-state index is 0.171. The Morgan fingerprint density at radius 1 is 0.767 bits per heavy atom. The molecule has 3 rings (SSSR count). The van der Waals surface area contributed by atoms with Gasteiger partial charge in [-0.25, -0.2) is 0 Å². The van der Waals surface area contributed by atoms with Crippen LogP contribution >= 0.6 is 0 Å². The molecule has 0 spiro atoms. The summed E-state index contributed by atoms with van der Waals surface area (Å²) in [5, 5.41) is 3.68. The highest BCUT2D eigenvalue weighted by Crippen LogP contribution is 2.35. The quantitative estimate of drug-likeness (QED) is 0.427. The molecule has 0 saturated heterocycles. The molecular weight excluding hydrogens is 370 g/mol. The summed E-state index contributed by atoms with van der Waals surface area (Å²) in [6, 6.07) is 27.7. The first-order chi connectivity index (χ1) is 14.6. The highest BCUT2D eigenvalue weighted by Gasteiger charge is 2.19. The Bertz CT molecular complexity index is 890. The van der Waals surface area contributed by atoms with E-state index in [1.807, 2.05) is 26.0 Å². The maximum absolute atomic E-state index is 5.82. The number of rotatable bonds is 10. The summed E-state index contributed by atoms with van der Waals surface area (Å²) in [6.45, 7) is 7.21. The summed E-state index contributed by atoms with van der Waals surface area (Å²) >= 11 is 0. The first-order valence-corrected chi connectivity index (χ1v) is 10.8. The average molecular weight is 404 g/mol. The second kappa shape index (κ2) is 10.8. The fourth-order valence-electron chi connectivity index (χ4n) is 3.81. The van der Waals surface area contributed by atoms with Crippen LogP contribution in [0.4, 0.5) is 0 Å². The number of benzene rings is 3. The zero-order valence-corrected chi connectivity index (χ0v) is 18.5. The van der Waals surface area contributed by atoms with Gasteiger partial charge >= 0.3 is 0 Å². The second-order valence-electron chi connectivity index (χ2n) is 7.91. The van der Waals surface area contributed by atoms with Crippen molar-refractivity contribution >= 4 is 0 Å². The molecule has 0 bridgehead atoms. The Kier molecular flexibility index (Phi) is 7.92. The molecule has 30 heavy (non-hydrogen) atoms. The molecule has 0 aromatic heterocycles. The van der Waals surface area contributed by atoms with Crippen molar-refractivity contribution < 1.29 is 9.47 Å². The van der Waals surface area contributed by atoms with Crippen LogP contribution in [-0.4, -0.2) is 19.8 Å². The van der Waals surface area contributed by atoms with E-state index in [0.717, 1.165) is 24.5 Å². The van der Waals surface area contributed by atoms with Gasteiger partial charge in [0.05, 0.1) is 13.2 Å². The third-order valence-electron chi connectivity index (χ3n) is 5.35. The molecule has 0 aliphatic rings. The lowest BCUT2D eigenvalue weighted by Crippen LogP contribution is -2.22. The van der Waals surface area contributed by atoms with Crippen LogP contribution in [0.15, 0.2) is 78.9 Å². The second-order valence-corrected chi connectivity index (χ2v) is 7.91. The summed E-state index contributed by atoms with van der Waals surface area (Å²) in [6.07, 6.45) is 1.15. The number of ether oxygens (including phenoxy) is 2. The summed E-state index contributed by atoms with van der Waals surface area (Å²) in [5.41, 5.74) is 3.79. The van der Waals surface area contributed by atoms with Gasteiger partial charge < -0.3 is 14.8 Å². The van der Waals surface area contributed by atoms with Gasteiger partial charge in [0.1, 0.15) is 11.5 Å². The molecule has 0 unspecified atom stereocenters. The van der Waals surface area contributed by atoms with E-state index in [-0.39, 0.29) is 12.0 Å². The Labute approximate surface area is 181 Å². The molecule has 0 aliphatic carbocycles. The molecular formula is C27H33NO2. The van der Waals surface area contributed by atoms with Crippen LogP contribution in [0.25, 0.3) is 0 Å². The molecule has 0 heterocycles. The fourth-order valence-corrected chi connectivity index (χ4v) is 3.81. The molecule has 0 aliphatic heterocycles. The van der Waals surface area contributed by atoms with Crippen molar-refractivity contribution in [2.45, 2.75) is 45.3 Å². The Morgan fingerprint density at radius 2 is 1.43 bits per heavy atom. The average Bonchev–Trinajstić information content (AvgIpc) is 2.77. The van der Waals surface area contributed by atoms with Gasteiger partial charge in [0.2, 0.25) is 0 Å². The van der Waals surface area contributed by atoms with Crippen molar-refractivity contribution in [3.63, 3.8) is 0 Å². The molecule has 3 aromatic rings. The van der Waals surface area contributed by atoms with Crippen molar-refractivity contribution in [2.75, 3.05) is 13.7 Å². The molecule has 1 N–H and O–H groups in total. The Morgan fingerprint density at radius 3 is 2.10 bits per heavy atom. The molecule has 0 saturated carbocycles. The lowest BCUT2D eigenvalue weighted by molar-refractivity contribution is 0.242. The molecule has 0 amide bonds. The maximum Gasteiger partial charge on any atom is 0.122 e. The molecule has 2 atom stereocenters. The molecule has 0 radical (unpaired) electrons. The topological polar surface area (TPSA) is 30.5 Å². The largest absolute Gasteiger partial charge is 0.496 e. The van der Waals surface area contributed by atoms with Crippen molar-refractivity contribution in [2.24, 2.45) is 0 Å². The molecule has 3 heteroatoms. The smallest absolute Gasteiger partial charge is 0.122 e. The van der Waals surface area contributed by atoms with Gasteiger partial charge in [0.25, 0.3) is 0 Å². The van der Waals surface area contributed by atoms with Gasteiger partial charge in [-0.1, -0.05) is 60.7 Å². The van der Waals surface area contributed by atoms with E-state index in [1.165, 1.54) is 16.7 Å². The standard InChI is InChI=1S/C27H33NO2/c1-20(2)30-24-16-14-23(15-17-24)25(26-12-8-9-13-27(26)29-4)18-19-28-21(3)22-10-6-5-7-11-22/h5-17,20-21,25,28H,18-19H2,1-4H3/t21-,25+/m1/s1. The van der Waals surface area contributed by atoms with Gasteiger partial charge in [0.15, 0.2) is 0 Å². The molecule has 3 aromatic carbocycles. The number of para-hydroxylation sites is 1. The third kappa shape index (κ3) is 5.87. The molecule has 0 fully saturated rings. The highest BCUT2D eigenvalue weighted by atomic mass is 16.5. The minimum Gasteiger partial charge on any atom is -0.496 e. The normalized spacial score (nSPS) is 13.1. The highest BCUT2D eigenvalue weighted by molar-refractivity contribution is 5.43. The first kappa shape index (κ1) is 21.9. The fraction of sp³-hybridized carbons (Fsp3) is 0.333. The third-order valence-corrected chi connectivity index (χ3v) is 5.35. The zero-order chi connectivity index (χ0) is 21.3. The summed E-state index contributed by atoms with van der Waals surface area (Å²) < 4.78 is 11.5. The van der Waals surface area contributed by atoms with Crippen molar-refractivity contribution in [3.8, 4) is 11.5 Å². The Balaban J connectivity index is 1.78. The monoisotopic (exact) mass is 403 g/mol. The van der Waals surface area contributed by atoms with Gasteiger partial charge in [-0.15, -0.1) is 0 Å². The van der Waals surface area contributed by atoms with Crippen LogP contribution in [0.5, 0.6) is 11.5 Å². The predicted molar refractivity (Wildman–Crippen MR) is 125 cm³/mol. The van der Waals surface area contributed by atoms with Crippen LogP contribution in [0.3, 0.4) is 0 Å². The lowest BCUT2D eigenvalue weighted by atomic mass is 9.87. The number of nitrogens with one attached hydrogen (secondary N) is 1. The van der Waals surface area contributed by atoms with E-state index in [0.29, 0.717) is 6.04 Å². The van der Waals surface area contributed by atoms with Gasteiger partial charge in [-0.3, -0.25) is 0 Å². The predicted octanol–water partition coefficient (Wildman–Crippen LogP) is 6.36. The van der Waals surface area contributed by atoms with Crippen LogP contribution < -0.4 is 14.8 Å². The van der Waals surface area contributed by atoms with E-state index in [4.69, 9.17) is 9.47 Å². The maximum atomic E-state index is 5.82. The SMILES string of the molecule is COc1ccccc1[C@@H](CCN[C@H](C)c1ccccc1)c1ccc(OC(C)C)cc1. The summed E-state index contributed by atoms with van der Waals surface area (Å²) in [4.78, 5) is 0. The van der Waals surface area contributed by atoms with Crippen molar-refractivity contribution in [3.05, 3.63) is 95.6 Å². The Hall–Kier alpha value is -2.78. The first-order valence-electron chi connectivity index (χ1n) is 10.8. The lowest BCUT2D eigenvalue weighted by Gasteiger charge is -2.22.